The van der Waals surface area contributed by atoms with Gasteiger partial charge >= 0.3 is 6.03 Å². The molecule has 0 aliphatic carbocycles. The zero-order valence-corrected chi connectivity index (χ0v) is 20.3. The Labute approximate surface area is 207 Å². The van der Waals surface area contributed by atoms with Crippen molar-refractivity contribution in [3.63, 3.8) is 0 Å². The number of amides is 2. The lowest BCUT2D eigenvalue weighted by Crippen LogP contribution is -2.50. The van der Waals surface area contributed by atoms with E-state index < -0.39 is 15.6 Å². The first-order valence-electron chi connectivity index (χ1n) is 11.5. The van der Waals surface area contributed by atoms with Crippen molar-refractivity contribution in [3.8, 4) is 5.75 Å². The van der Waals surface area contributed by atoms with Crippen molar-refractivity contribution in [2.24, 2.45) is 5.92 Å². The summed E-state index contributed by atoms with van der Waals surface area (Å²) < 4.78 is 47.9. The summed E-state index contributed by atoms with van der Waals surface area (Å²) in [5, 5.41) is 2.79. The number of hydrogen-bond acceptors (Lipinski definition) is 5. The summed E-state index contributed by atoms with van der Waals surface area (Å²) in [5.41, 5.74) is 0.828. The van der Waals surface area contributed by atoms with Crippen LogP contribution in [0.25, 0.3) is 0 Å². The maximum atomic E-state index is 13.2. The largest absolute Gasteiger partial charge is 0.497 e. The van der Waals surface area contributed by atoms with E-state index in [-0.39, 0.29) is 34.3 Å². The summed E-state index contributed by atoms with van der Waals surface area (Å²) in [6, 6.07) is 14.4. The van der Waals surface area contributed by atoms with E-state index in [4.69, 9.17) is 4.74 Å². The number of carbonyl (C=O) groups excluding carboxylic acids is 1. The SMILES string of the molecule is COc1ccc(S(=O)(=O)Nc2ccc3n(c2=O)CC2CC3CN(C(=O)Nc3ccc(F)cc3)C2)cc1. The topological polar surface area (TPSA) is 110 Å². The number of nitrogens with one attached hydrogen (secondary N) is 2. The van der Waals surface area contributed by atoms with E-state index in [1.54, 1.807) is 15.5 Å². The number of benzene rings is 2. The van der Waals surface area contributed by atoms with Crippen molar-refractivity contribution in [1.29, 1.82) is 0 Å². The molecule has 3 heterocycles. The summed E-state index contributed by atoms with van der Waals surface area (Å²) in [6.07, 6.45) is 0.830. The predicted octanol–water partition coefficient (Wildman–Crippen LogP) is 3.45. The van der Waals surface area contributed by atoms with Gasteiger partial charge in [-0.25, -0.2) is 17.6 Å². The minimum absolute atomic E-state index is 0.0186. The smallest absolute Gasteiger partial charge is 0.321 e. The quantitative estimate of drug-likeness (QED) is 0.544. The highest BCUT2D eigenvalue weighted by Crippen LogP contribution is 2.36. The van der Waals surface area contributed by atoms with Crippen LogP contribution < -0.4 is 20.3 Å². The molecule has 0 saturated carbocycles. The zero-order chi connectivity index (χ0) is 25.4. The molecule has 2 unspecified atom stereocenters. The third kappa shape index (κ3) is 4.66. The van der Waals surface area contributed by atoms with Crippen LogP contribution in [0.3, 0.4) is 0 Å². The molecule has 9 nitrogen and oxygen atoms in total. The fourth-order valence-corrected chi connectivity index (χ4v) is 5.94. The number of methoxy groups -OCH3 is 1. The molecule has 1 fully saturated rings. The van der Waals surface area contributed by atoms with Gasteiger partial charge in [0.15, 0.2) is 0 Å². The average molecular weight is 513 g/mol. The molecule has 2 aliphatic rings. The average Bonchev–Trinajstić information content (AvgIpc) is 2.87. The molecular formula is C25H25FN4O5S. The second kappa shape index (κ2) is 9.30. The van der Waals surface area contributed by atoms with Crippen LogP contribution in [0.4, 0.5) is 20.6 Å². The highest BCUT2D eigenvalue weighted by molar-refractivity contribution is 7.92. The van der Waals surface area contributed by atoms with Gasteiger partial charge in [-0.15, -0.1) is 0 Å². The molecule has 0 radical (unpaired) electrons. The molecule has 2 aliphatic heterocycles. The van der Waals surface area contributed by atoms with Crippen molar-refractivity contribution < 1.29 is 22.3 Å². The Morgan fingerprint density at radius 1 is 1.00 bits per heavy atom. The summed E-state index contributed by atoms with van der Waals surface area (Å²) in [7, 11) is -2.47. The number of carbonyl (C=O) groups is 1. The first-order valence-corrected chi connectivity index (χ1v) is 12.9. The number of pyridine rings is 1. The summed E-state index contributed by atoms with van der Waals surface area (Å²) in [6.45, 7) is 1.25. The number of likely N-dealkylation sites (tertiary alicyclic amines) is 1. The van der Waals surface area contributed by atoms with E-state index in [1.807, 2.05) is 0 Å². The van der Waals surface area contributed by atoms with E-state index in [1.165, 1.54) is 61.7 Å². The summed E-state index contributed by atoms with van der Waals surface area (Å²) >= 11 is 0. The lowest BCUT2D eigenvalue weighted by Gasteiger charge is -2.42. The molecular weight excluding hydrogens is 487 g/mol. The Morgan fingerprint density at radius 2 is 1.72 bits per heavy atom. The Bertz CT molecular complexity index is 1460. The van der Waals surface area contributed by atoms with Crippen LogP contribution in [0.15, 0.2) is 70.4 Å². The number of anilines is 2. The highest BCUT2D eigenvalue weighted by atomic mass is 32.2. The van der Waals surface area contributed by atoms with Crippen molar-refractivity contribution in [2.45, 2.75) is 23.8 Å². The van der Waals surface area contributed by atoms with Gasteiger partial charge in [-0.1, -0.05) is 0 Å². The highest BCUT2D eigenvalue weighted by Gasteiger charge is 2.37. The lowest BCUT2D eigenvalue weighted by molar-refractivity contribution is 0.139. The third-order valence-corrected chi connectivity index (χ3v) is 7.98. The van der Waals surface area contributed by atoms with Crippen LogP contribution in [-0.2, 0) is 16.6 Å². The monoisotopic (exact) mass is 512 g/mol. The van der Waals surface area contributed by atoms with Crippen LogP contribution in [-0.4, -0.2) is 44.1 Å². The molecule has 2 aromatic carbocycles. The van der Waals surface area contributed by atoms with E-state index in [0.29, 0.717) is 31.1 Å². The molecule has 2 bridgehead atoms. The molecule has 3 aromatic rings. The molecule has 1 saturated heterocycles. The molecule has 2 N–H and O–H groups in total. The second-order valence-corrected chi connectivity index (χ2v) is 10.7. The Hall–Kier alpha value is -3.86. The predicted molar refractivity (Wildman–Crippen MR) is 132 cm³/mol. The van der Waals surface area contributed by atoms with Gasteiger partial charge in [-0.3, -0.25) is 9.52 Å². The number of urea groups is 1. The summed E-state index contributed by atoms with van der Waals surface area (Å²) in [5.74, 6) is 0.126. The Kier molecular flexibility index (Phi) is 6.17. The molecule has 188 valence electrons. The Balaban J connectivity index is 1.34. The maximum Gasteiger partial charge on any atom is 0.321 e. The van der Waals surface area contributed by atoms with Crippen molar-refractivity contribution >= 4 is 27.4 Å². The molecule has 1 aromatic heterocycles. The van der Waals surface area contributed by atoms with Gasteiger partial charge in [-0.2, -0.15) is 0 Å². The van der Waals surface area contributed by atoms with Gasteiger partial charge in [0.2, 0.25) is 0 Å². The minimum atomic E-state index is -3.96. The standard InChI is InChI=1S/C25H25FN4O5S/c1-35-20-6-8-21(9-7-20)36(33,34)28-22-10-11-23-17-12-16(14-30(23)24(22)31)13-29(15-17)25(32)27-19-4-2-18(26)3-5-19/h2-11,16-17,28H,12-15H2,1H3,(H,27,32). The number of fused-ring (bicyclic) bond motifs is 4. The Morgan fingerprint density at radius 3 is 2.42 bits per heavy atom. The van der Waals surface area contributed by atoms with Crippen LogP contribution in [0.1, 0.15) is 18.0 Å². The molecule has 11 heteroatoms. The normalized spacial score (nSPS) is 18.8. The van der Waals surface area contributed by atoms with Crippen molar-refractivity contribution in [1.82, 2.24) is 9.47 Å². The number of rotatable bonds is 5. The summed E-state index contributed by atoms with van der Waals surface area (Å²) in [4.78, 5) is 27.8. The fraction of sp³-hybridized carbons (Fsp3) is 0.280. The molecule has 2 atom stereocenters. The number of aromatic nitrogens is 1. The minimum Gasteiger partial charge on any atom is -0.497 e. The van der Waals surface area contributed by atoms with Gasteiger partial charge in [0.05, 0.1) is 12.0 Å². The van der Waals surface area contributed by atoms with Gasteiger partial charge in [-0.05, 0) is 73.0 Å². The van der Waals surface area contributed by atoms with Gasteiger partial charge in [0, 0.05) is 36.9 Å². The molecule has 0 spiro atoms. The number of piperidine rings is 1. The first kappa shape index (κ1) is 23.9. The number of halogens is 1. The molecule has 36 heavy (non-hydrogen) atoms. The van der Waals surface area contributed by atoms with E-state index in [2.05, 4.69) is 10.0 Å². The number of hydrogen-bond donors (Lipinski definition) is 2. The van der Waals surface area contributed by atoms with Crippen LogP contribution in [0, 0.1) is 11.7 Å². The van der Waals surface area contributed by atoms with E-state index >= 15 is 0 Å². The van der Waals surface area contributed by atoms with Gasteiger partial charge in [0.25, 0.3) is 15.6 Å². The number of ether oxygens (including phenoxy) is 1. The maximum absolute atomic E-state index is 13.2. The zero-order valence-electron chi connectivity index (χ0n) is 19.5. The third-order valence-electron chi connectivity index (χ3n) is 6.60. The number of nitrogens with zero attached hydrogens (tertiary/aromatic N) is 2. The van der Waals surface area contributed by atoms with Crippen LogP contribution in [0.5, 0.6) is 5.75 Å². The second-order valence-electron chi connectivity index (χ2n) is 9.01. The van der Waals surface area contributed by atoms with Crippen molar-refractivity contribution in [2.75, 3.05) is 30.2 Å². The number of sulfonamides is 1. The first-order chi connectivity index (χ1) is 17.2. The fourth-order valence-electron chi connectivity index (χ4n) is 4.88. The van der Waals surface area contributed by atoms with Crippen LogP contribution >= 0.6 is 0 Å². The van der Waals surface area contributed by atoms with Gasteiger partial charge in [0.1, 0.15) is 17.3 Å². The van der Waals surface area contributed by atoms with Crippen molar-refractivity contribution in [3.05, 3.63) is 82.5 Å². The van der Waals surface area contributed by atoms with Crippen LogP contribution in [0.2, 0.25) is 0 Å². The van der Waals surface area contributed by atoms with Gasteiger partial charge < -0.3 is 19.5 Å². The van der Waals surface area contributed by atoms with E-state index in [9.17, 15) is 22.4 Å². The molecule has 5 rings (SSSR count). The lowest BCUT2D eigenvalue weighted by atomic mass is 9.83. The van der Waals surface area contributed by atoms with E-state index in [0.717, 1.165) is 12.1 Å². The molecule has 2 amide bonds.